The van der Waals surface area contributed by atoms with E-state index in [0.29, 0.717) is 21.9 Å². The Balaban J connectivity index is 1.08. The summed E-state index contributed by atoms with van der Waals surface area (Å²) in [6.45, 7) is 0. The van der Waals surface area contributed by atoms with Crippen LogP contribution in [0.3, 0.4) is 0 Å². The average molecular weight is 984 g/mol. The van der Waals surface area contributed by atoms with E-state index in [-0.39, 0.29) is 72.6 Å². The number of aromatic hydroxyl groups is 2. The van der Waals surface area contributed by atoms with Gasteiger partial charge in [-0.05, 0) is 121 Å². The highest BCUT2D eigenvalue weighted by Gasteiger charge is 2.20. The fraction of sp³-hybridized carbons (Fsp3) is 0.0213. The Morgan fingerprint density at radius 1 is 0.435 bits per heavy atom. The Kier molecular flexibility index (Phi) is 11.8. The molecule has 0 saturated carbocycles. The molecule has 9 rings (SSSR count). The number of azo groups is 3. The number of phenolic OH excluding ortho intramolecular Hbond substituents is 2. The molecule has 19 nitrogen and oxygen atoms in total. The SMILES string of the molecule is COc1ccc(Nc2ccc3c(O)c(N=Nc4ccc(N=Nc5ccc(N=Nc6cccc7c(O)ccc(S(=O)(=O)O)c67)c6ccc(S(=O)(=O)O)cc56)c5ccc(S(=O)(=O)O)cc45)ccc3c2)cc1. The van der Waals surface area contributed by atoms with Gasteiger partial charge in [0.15, 0.2) is 5.75 Å². The fourth-order valence-corrected chi connectivity index (χ4v) is 9.25. The number of phenols is 2. The topological polar surface area (TPSA) is 299 Å². The summed E-state index contributed by atoms with van der Waals surface area (Å²) in [5.41, 5.74) is 2.11. The van der Waals surface area contributed by atoms with Crippen LogP contribution in [0.2, 0.25) is 0 Å². The van der Waals surface area contributed by atoms with Crippen LogP contribution in [0.5, 0.6) is 17.2 Å². The second-order valence-corrected chi connectivity index (χ2v) is 19.4. The maximum atomic E-state index is 12.3. The van der Waals surface area contributed by atoms with Crippen LogP contribution in [-0.2, 0) is 30.4 Å². The van der Waals surface area contributed by atoms with Crippen LogP contribution >= 0.6 is 0 Å². The van der Waals surface area contributed by atoms with Crippen molar-refractivity contribution in [2.75, 3.05) is 12.4 Å². The van der Waals surface area contributed by atoms with Gasteiger partial charge in [0.25, 0.3) is 30.4 Å². The quantitative estimate of drug-likeness (QED) is 0.0491. The first-order chi connectivity index (χ1) is 32.8. The number of nitrogens with one attached hydrogen (secondary N) is 1. The molecule has 0 fully saturated rings. The molecule has 0 atom stereocenters. The van der Waals surface area contributed by atoms with Crippen molar-refractivity contribution >= 4 is 119 Å². The number of ether oxygens (including phenoxy) is 1. The van der Waals surface area contributed by atoms with Crippen LogP contribution in [0.15, 0.2) is 191 Å². The van der Waals surface area contributed by atoms with E-state index in [1.807, 2.05) is 30.3 Å². The zero-order valence-electron chi connectivity index (χ0n) is 35.4. The van der Waals surface area contributed by atoms with Gasteiger partial charge < -0.3 is 20.3 Å². The molecule has 0 amide bonds. The van der Waals surface area contributed by atoms with Gasteiger partial charge >= 0.3 is 0 Å². The van der Waals surface area contributed by atoms with Crippen LogP contribution in [0.4, 0.5) is 45.5 Å². The molecule has 0 heterocycles. The number of hydrogen-bond donors (Lipinski definition) is 6. The Bertz CT molecular complexity index is 4040. The van der Waals surface area contributed by atoms with Crippen molar-refractivity contribution in [1.29, 1.82) is 0 Å². The maximum Gasteiger partial charge on any atom is 0.295 e. The van der Waals surface area contributed by atoms with Crippen LogP contribution in [-0.4, -0.2) is 56.2 Å². The summed E-state index contributed by atoms with van der Waals surface area (Å²) in [6, 6.07) is 35.6. The highest BCUT2D eigenvalue weighted by molar-refractivity contribution is 7.86. The first-order valence-corrected chi connectivity index (χ1v) is 24.4. The summed E-state index contributed by atoms with van der Waals surface area (Å²) in [7, 11) is -12.6. The summed E-state index contributed by atoms with van der Waals surface area (Å²) in [4.78, 5) is -1.49. The molecule has 0 radical (unpaired) electrons. The van der Waals surface area contributed by atoms with Gasteiger partial charge in [0, 0.05) is 49.1 Å². The number of fused-ring (bicyclic) bond motifs is 4. The molecule has 9 aromatic rings. The van der Waals surface area contributed by atoms with Gasteiger partial charge in [-0.2, -0.15) is 25.3 Å². The van der Waals surface area contributed by atoms with Gasteiger partial charge in [0.1, 0.15) is 22.1 Å². The number of anilines is 2. The van der Waals surface area contributed by atoms with Crippen molar-refractivity contribution in [2.45, 2.75) is 14.7 Å². The molecule has 0 unspecified atom stereocenters. The summed E-state index contributed by atoms with van der Waals surface area (Å²) in [5, 5.41) is 52.9. The second-order valence-electron chi connectivity index (χ2n) is 15.2. The van der Waals surface area contributed by atoms with Crippen molar-refractivity contribution in [2.24, 2.45) is 30.7 Å². The number of rotatable bonds is 12. The maximum absolute atomic E-state index is 12.3. The van der Waals surface area contributed by atoms with Crippen molar-refractivity contribution < 1.29 is 53.9 Å². The summed E-state index contributed by atoms with van der Waals surface area (Å²) < 4.78 is 109. The van der Waals surface area contributed by atoms with E-state index in [1.165, 1.54) is 60.7 Å². The molecule has 22 heteroatoms. The first-order valence-electron chi connectivity index (χ1n) is 20.1. The zero-order valence-corrected chi connectivity index (χ0v) is 37.8. The minimum absolute atomic E-state index is 0.0445. The Labute approximate surface area is 391 Å². The normalized spacial score (nSPS) is 12.6. The van der Waals surface area contributed by atoms with Gasteiger partial charge in [-0.15, -0.1) is 30.7 Å². The van der Waals surface area contributed by atoms with Crippen LogP contribution < -0.4 is 10.1 Å². The minimum atomic E-state index is -4.77. The number of hydrogen-bond acceptors (Lipinski definition) is 16. The predicted molar refractivity (Wildman–Crippen MR) is 257 cm³/mol. The van der Waals surface area contributed by atoms with E-state index in [9.17, 15) is 49.1 Å². The molecule has 0 aliphatic heterocycles. The smallest absolute Gasteiger partial charge is 0.295 e. The molecule has 0 bridgehead atoms. The zero-order chi connectivity index (χ0) is 48.8. The second kappa shape index (κ2) is 17.8. The van der Waals surface area contributed by atoms with E-state index >= 15 is 0 Å². The molecule has 0 aliphatic carbocycles. The van der Waals surface area contributed by atoms with Crippen LogP contribution in [0.1, 0.15) is 0 Å². The third kappa shape index (κ3) is 9.38. The van der Waals surface area contributed by atoms with Crippen LogP contribution in [0.25, 0.3) is 43.1 Å². The van der Waals surface area contributed by atoms with Gasteiger partial charge in [0.05, 0.1) is 45.3 Å². The summed E-state index contributed by atoms with van der Waals surface area (Å²) in [5.74, 6) is 0.259. The molecular weight excluding hydrogens is 951 g/mol. The molecule has 0 spiro atoms. The highest BCUT2D eigenvalue weighted by Crippen LogP contribution is 2.43. The lowest BCUT2D eigenvalue weighted by molar-refractivity contribution is 0.415. The minimum Gasteiger partial charge on any atom is -0.507 e. The van der Waals surface area contributed by atoms with E-state index in [0.717, 1.165) is 41.7 Å². The lowest BCUT2D eigenvalue weighted by Crippen LogP contribution is -1.99. The summed E-state index contributed by atoms with van der Waals surface area (Å²) in [6.07, 6.45) is 0. The van der Waals surface area contributed by atoms with Crippen LogP contribution in [0, 0.1) is 0 Å². The van der Waals surface area contributed by atoms with Crippen molar-refractivity contribution in [3.8, 4) is 17.2 Å². The molecule has 9 aromatic carbocycles. The van der Waals surface area contributed by atoms with E-state index in [2.05, 4.69) is 36.0 Å². The third-order valence-corrected chi connectivity index (χ3v) is 13.5. The highest BCUT2D eigenvalue weighted by atomic mass is 32.2. The van der Waals surface area contributed by atoms with Gasteiger partial charge in [0.2, 0.25) is 0 Å². The van der Waals surface area contributed by atoms with Crippen molar-refractivity contribution in [1.82, 2.24) is 0 Å². The predicted octanol–water partition coefficient (Wildman–Crippen LogP) is 12.4. The largest absolute Gasteiger partial charge is 0.507 e. The Morgan fingerprint density at radius 2 is 0.928 bits per heavy atom. The standard InChI is InChI=1S/C47H33N7O12S3/c1-66-29-9-6-27(7-10-29)48-28-8-13-32-26(23-28)5-16-43(47(32)56)54-52-41-20-17-38(33-14-11-31(25-37(33)41)68(60,61)62)49-51-40-19-18-39(34-15-12-30(24-36(34)40)67(57,58)59)50-53-42-4-2-3-35-44(55)21-22-45(46(35)42)69(63,64)65/h2-25,48,55-56H,1H3,(H,57,58,59)(H,60,61,62)(H,63,64,65). The molecule has 0 saturated heterocycles. The van der Waals surface area contributed by atoms with E-state index in [1.54, 1.807) is 31.4 Å². The van der Waals surface area contributed by atoms with Crippen molar-refractivity contribution in [3.63, 3.8) is 0 Å². The van der Waals surface area contributed by atoms with Crippen molar-refractivity contribution in [3.05, 3.63) is 146 Å². The lowest BCUT2D eigenvalue weighted by atomic mass is 10.1. The third-order valence-electron chi connectivity index (χ3n) is 10.9. The van der Waals surface area contributed by atoms with Gasteiger partial charge in [-0.3, -0.25) is 13.7 Å². The molecule has 6 N–H and O–H groups in total. The van der Waals surface area contributed by atoms with E-state index in [4.69, 9.17) is 4.74 Å². The molecule has 69 heavy (non-hydrogen) atoms. The number of nitrogens with zero attached hydrogens (tertiary/aromatic N) is 6. The molecule has 0 aromatic heterocycles. The number of methoxy groups -OCH3 is 1. The summed E-state index contributed by atoms with van der Waals surface area (Å²) >= 11 is 0. The Morgan fingerprint density at radius 3 is 1.46 bits per heavy atom. The fourth-order valence-electron chi connectivity index (χ4n) is 7.52. The molecule has 0 aliphatic rings. The monoisotopic (exact) mass is 983 g/mol. The Hall–Kier alpha value is -8.25. The van der Waals surface area contributed by atoms with Gasteiger partial charge in [-0.1, -0.05) is 30.3 Å². The molecular formula is C47H33N7O12S3. The van der Waals surface area contributed by atoms with E-state index < -0.39 is 45.0 Å². The average Bonchev–Trinajstić information content (AvgIpc) is 3.32. The first kappa shape index (κ1) is 45.9. The number of benzene rings is 9. The lowest BCUT2D eigenvalue weighted by Gasteiger charge is -2.10. The molecule has 346 valence electrons. The van der Waals surface area contributed by atoms with Gasteiger partial charge in [-0.25, -0.2) is 0 Å².